The van der Waals surface area contributed by atoms with Crippen LogP contribution in [0.2, 0.25) is 0 Å². The smallest absolute Gasteiger partial charge is 0.431 e. The summed E-state index contributed by atoms with van der Waals surface area (Å²) in [6, 6.07) is 0. The first kappa shape index (κ1) is 10.2. The second-order valence-corrected chi connectivity index (χ2v) is 1.61. The molecule has 0 saturated heterocycles. The third-order valence-electron chi connectivity index (χ3n) is 0.713. The maximum atomic E-state index is 10.4. The Morgan fingerprint density at radius 2 is 2.36 bits per heavy atom. The summed E-state index contributed by atoms with van der Waals surface area (Å²) in [5, 5.41) is 8.21. The van der Waals surface area contributed by atoms with E-state index >= 15 is 0 Å². The van der Waals surface area contributed by atoms with Crippen LogP contribution in [0.4, 0.5) is 4.79 Å². The highest BCUT2D eigenvalue weighted by molar-refractivity contribution is 5.59. The van der Waals surface area contributed by atoms with Gasteiger partial charge in [-0.05, 0) is 0 Å². The van der Waals surface area contributed by atoms with Gasteiger partial charge in [0.1, 0.15) is 6.61 Å². The first-order valence-corrected chi connectivity index (χ1v) is 3.18. The van der Waals surface area contributed by atoms with Crippen molar-refractivity contribution < 1.29 is 19.5 Å². The lowest BCUT2D eigenvalue weighted by Crippen LogP contribution is -2.26. The largest absolute Gasteiger partial charge is 0.527 e. The summed E-state index contributed by atoms with van der Waals surface area (Å²) in [6.45, 7) is 0.455. The average molecular weight is 164 g/mol. The van der Waals surface area contributed by atoms with Gasteiger partial charge in [0, 0.05) is 13.1 Å². The van der Waals surface area contributed by atoms with Gasteiger partial charge >= 0.3 is 6.16 Å². The van der Waals surface area contributed by atoms with Crippen LogP contribution in [-0.2, 0) is 9.57 Å². The fraction of sp³-hybridized carbons (Fsp3) is 0.800. The Kier molecular flexibility index (Phi) is 6.70. The Morgan fingerprint density at radius 1 is 1.64 bits per heavy atom. The molecule has 0 aromatic carbocycles. The van der Waals surface area contributed by atoms with Crippen molar-refractivity contribution in [1.82, 2.24) is 5.48 Å². The lowest BCUT2D eigenvalue weighted by molar-refractivity contribution is 0.00994. The molecule has 0 atom stereocenters. The number of hydrogen-bond acceptors (Lipinski definition) is 6. The molecule has 0 aliphatic rings. The van der Waals surface area contributed by atoms with Gasteiger partial charge in [-0.25, -0.2) is 4.79 Å². The number of carbonyl (C=O) groups is 1. The number of nitrogens with two attached hydrogens (primary N) is 1. The third-order valence-corrected chi connectivity index (χ3v) is 0.713. The average Bonchev–Trinajstić information content (AvgIpc) is 2.01. The molecule has 4 N–H and O–H groups in total. The maximum Gasteiger partial charge on any atom is 0.527 e. The SMILES string of the molecule is NCCNOC(=O)OCCO. The number of hydrogen-bond donors (Lipinski definition) is 3. The minimum Gasteiger partial charge on any atom is -0.431 e. The van der Waals surface area contributed by atoms with Crippen LogP contribution < -0.4 is 11.2 Å². The van der Waals surface area contributed by atoms with Crippen LogP contribution in [0.15, 0.2) is 0 Å². The van der Waals surface area contributed by atoms with Crippen molar-refractivity contribution in [2.45, 2.75) is 0 Å². The van der Waals surface area contributed by atoms with Crippen molar-refractivity contribution in [1.29, 1.82) is 0 Å². The van der Waals surface area contributed by atoms with E-state index in [0.29, 0.717) is 13.1 Å². The molecule has 0 aromatic rings. The van der Waals surface area contributed by atoms with Gasteiger partial charge in [0.25, 0.3) is 0 Å². The molecule has 0 unspecified atom stereocenters. The quantitative estimate of drug-likeness (QED) is 0.263. The van der Waals surface area contributed by atoms with Crippen LogP contribution in [0.5, 0.6) is 0 Å². The number of ether oxygens (including phenoxy) is 1. The van der Waals surface area contributed by atoms with E-state index < -0.39 is 6.16 Å². The summed E-state index contributed by atoms with van der Waals surface area (Å²) in [5.74, 6) is 0. The molecule has 0 aliphatic carbocycles. The molecule has 0 spiro atoms. The topological polar surface area (TPSA) is 93.8 Å². The van der Waals surface area contributed by atoms with Gasteiger partial charge in [-0.2, -0.15) is 0 Å². The molecule has 0 bridgehead atoms. The fourth-order valence-electron chi connectivity index (χ4n) is 0.327. The summed E-state index contributed by atoms with van der Waals surface area (Å²) in [6.07, 6.45) is -0.868. The molecule has 11 heavy (non-hydrogen) atoms. The Morgan fingerprint density at radius 3 is 2.91 bits per heavy atom. The highest BCUT2D eigenvalue weighted by Gasteiger charge is 2.00. The molecule has 0 heterocycles. The fourth-order valence-corrected chi connectivity index (χ4v) is 0.327. The molecular formula is C5H12N2O4. The van der Waals surface area contributed by atoms with Gasteiger partial charge in [-0.1, -0.05) is 0 Å². The van der Waals surface area contributed by atoms with E-state index in [1.165, 1.54) is 0 Å². The Labute approximate surface area is 64.2 Å². The Hall–Kier alpha value is -0.850. The van der Waals surface area contributed by atoms with Crippen LogP contribution in [-0.4, -0.2) is 37.6 Å². The number of nitrogens with one attached hydrogen (secondary N) is 1. The molecule has 0 aliphatic heterocycles. The lowest BCUT2D eigenvalue weighted by Gasteiger charge is -2.03. The summed E-state index contributed by atoms with van der Waals surface area (Å²) in [4.78, 5) is 14.7. The minimum atomic E-state index is -0.868. The van der Waals surface area contributed by atoms with Crippen molar-refractivity contribution >= 4 is 6.16 Å². The zero-order chi connectivity index (χ0) is 8.53. The normalized spacial score (nSPS) is 9.27. The molecule has 6 heteroatoms. The molecule has 0 radical (unpaired) electrons. The third kappa shape index (κ3) is 7.04. The lowest BCUT2D eigenvalue weighted by atomic mass is 10.7. The van der Waals surface area contributed by atoms with Crippen LogP contribution in [0, 0.1) is 0 Å². The van der Waals surface area contributed by atoms with Crippen molar-refractivity contribution in [2.75, 3.05) is 26.3 Å². The van der Waals surface area contributed by atoms with Crippen LogP contribution >= 0.6 is 0 Å². The Balaban J connectivity index is 3.09. The molecular weight excluding hydrogens is 152 g/mol. The van der Waals surface area contributed by atoms with E-state index in [1.54, 1.807) is 0 Å². The van der Waals surface area contributed by atoms with E-state index in [-0.39, 0.29) is 13.2 Å². The number of rotatable bonds is 5. The summed E-state index contributed by atoms with van der Waals surface area (Å²) >= 11 is 0. The monoisotopic (exact) mass is 164 g/mol. The Bertz CT molecular complexity index is 109. The van der Waals surface area contributed by atoms with Crippen molar-refractivity contribution in [3.05, 3.63) is 0 Å². The van der Waals surface area contributed by atoms with Crippen LogP contribution in [0.25, 0.3) is 0 Å². The zero-order valence-corrected chi connectivity index (χ0v) is 6.08. The van der Waals surface area contributed by atoms with Gasteiger partial charge in [-0.3, -0.25) is 0 Å². The number of carbonyl (C=O) groups excluding carboxylic acids is 1. The summed E-state index contributed by atoms with van der Waals surface area (Å²) < 4.78 is 4.32. The minimum absolute atomic E-state index is 0.0663. The number of aliphatic hydroxyl groups excluding tert-OH is 1. The van der Waals surface area contributed by atoms with E-state index in [4.69, 9.17) is 10.8 Å². The van der Waals surface area contributed by atoms with Gasteiger partial charge in [-0.15, -0.1) is 5.48 Å². The molecule has 6 nitrogen and oxygen atoms in total. The number of hydroxylamine groups is 1. The molecule has 0 saturated carbocycles. The van der Waals surface area contributed by atoms with Gasteiger partial charge in [0.2, 0.25) is 0 Å². The van der Waals surface area contributed by atoms with E-state index in [2.05, 4.69) is 15.1 Å². The zero-order valence-electron chi connectivity index (χ0n) is 6.08. The van der Waals surface area contributed by atoms with E-state index in [0.717, 1.165) is 0 Å². The van der Waals surface area contributed by atoms with Crippen LogP contribution in [0.1, 0.15) is 0 Å². The molecule has 66 valence electrons. The summed E-state index contributed by atoms with van der Waals surface area (Å²) in [5.41, 5.74) is 7.34. The second kappa shape index (κ2) is 7.26. The predicted octanol–water partition coefficient (Wildman–Crippen LogP) is -1.40. The molecule has 0 aromatic heterocycles. The molecule has 0 amide bonds. The summed E-state index contributed by atoms with van der Waals surface area (Å²) in [7, 11) is 0. The first-order chi connectivity index (χ1) is 5.31. The molecule has 0 rings (SSSR count). The predicted molar refractivity (Wildman–Crippen MR) is 36.6 cm³/mol. The van der Waals surface area contributed by atoms with Crippen molar-refractivity contribution in [3.63, 3.8) is 0 Å². The maximum absolute atomic E-state index is 10.4. The molecule has 0 fully saturated rings. The van der Waals surface area contributed by atoms with Crippen LogP contribution in [0.3, 0.4) is 0 Å². The van der Waals surface area contributed by atoms with E-state index in [1.807, 2.05) is 0 Å². The van der Waals surface area contributed by atoms with Crippen molar-refractivity contribution in [3.8, 4) is 0 Å². The highest BCUT2D eigenvalue weighted by atomic mass is 16.8. The second-order valence-electron chi connectivity index (χ2n) is 1.61. The highest BCUT2D eigenvalue weighted by Crippen LogP contribution is 1.79. The first-order valence-electron chi connectivity index (χ1n) is 3.18. The van der Waals surface area contributed by atoms with Gasteiger partial charge in [0.05, 0.1) is 6.61 Å². The standard InChI is InChI=1S/C5H12N2O4/c6-1-2-7-11-5(9)10-4-3-8/h7-8H,1-4,6H2. The van der Waals surface area contributed by atoms with E-state index in [9.17, 15) is 4.79 Å². The van der Waals surface area contributed by atoms with Crippen molar-refractivity contribution in [2.24, 2.45) is 5.73 Å². The van der Waals surface area contributed by atoms with Gasteiger partial charge in [0.15, 0.2) is 0 Å². The van der Waals surface area contributed by atoms with Gasteiger partial charge < -0.3 is 20.4 Å². The number of aliphatic hydroxyl groups is 1.